The summed E-state index contributed by atoms with van der Waals surface area (Å²) in [5, 5.41) is 16.7. The van der Waals surface area contributed by atoms with Crippen LogP contribution in [-0.2, 0) is 17.8 Å². The van der Waals surface area contributed by atoms with Crippen LogP contribution in [0.15, 0.2) is 36.5 Å². The molecule has 0 aliphatic rings. The van der Waals surface area contributed by atoms with Gasteiger partial charge in [0.05, 0.1) is 31.3 Å². The molecule has 5 heteroatoms. The first-order valence-electron chi connectivity index (χ1n) is 7.03. The van der Waals surface area contributed by atoms with Crippen molar-refractivity contribution in [2.75, 3.05) is 20.3 Å². The van der Waals surface area contributed by atoms with Crippen molar-refractivity contribution in [3.63, 3.8) is 0 Å². The number of hydrogen-bond donors (Lipinski definition) is 1. The highest BCUT2D eigenvalue weighted by atomic mass is 16.5. The van der Waals surface area contributed by atoms with Crippen molar-refractivity contribution < 1.29 is 4.74 Å². The second kappa shape index (κ2) is 8.20. The Labute approximate surface area is 125 Å². The van der Waals surface area contributed by atoms with Gasteiger partial charge in [-0.25, -0.2) is 0 Å². The molecule has 0 spiro atoms. The van der Waals surface area contributed by atoms with Gasteiger partial charge in [-0.05, 0) is 0 Å². The summed E-state index contributed by atoms with van der Waals surface area (Å²) in [4.78, 5) is 0. The zero-order chi connectivity index (χ0) is 14.9. The van der Waals surface area contributed by atoms with Crippen LogP contribution in [0, 0.1) is 11.3 Å². The van der Waals surface area contributed by atoms with Gasteiger partial charge in [0.25, 0.3) is 0 Å². The second-order valence-electron chi connectivity index (χ2n) is 4.71. The van der Waals surface area contributed by atoms with Crippen LogP contribution in [0.3, 0.4) is 0 Å². The number of hydrogen-bond acceptors (Lipinski definition) is 4. The van der Waals surface area contributed by atoms with Crippen molar-refractivity contribution in [3.05, 3.63) is 42.1 Å². The highest BCUT2D eigenvalue weighted by Crippen LogP contribution is 2.21. The number of aromatic nitrogens is 2. The molecule has 1 N–H and O–H groups in total. The number of nitrogens with zero attached hydrogens (tertiary/aromatic N) is 3. The van der Waals surface area contributed by atoms with Crippen molar-refractivity contribution in [2.24, 2.45) is 0 Å². The van der Waals surface area contributed by atoms with Crippen molar-refractivity contribution in [3.8, 4) is 17.3 Å². The standard InChI is InChI=1S/C16H20N4O/c1-21-11-9-18-12-15-13-20(10-5-8-17)19-16(15)14-6-3-2-4-7-14/h2-4,6-7,13,18H,5,9-12H2,1H3. The Kier molecular flexibility index (Phi) is 5.95. The smallest absolute Gasteiger partial charge is 0.0968 e. The van der Waals surface area contributed by atoms with E-state index in [1.165, 1.54) is 0 Å². The van der Waals surface area contributed by atoms with Crippen molar-refractivity contribution in [1.29, 1.82) is 5.26 Å². The van der Waals surface area contributed by atoms with Gasteiger partial charge in [-0.1, -0.05) is 30.3 Å². The molecule has 0 atom stereocenters. The van der Waals surface area contributed by atoms with E-state index in [1.54, 1.807) is 7.11 Å². The molecule has 1 aromatic carbocycles. The van der Waals surface area contributed by atoms with Crippen molar-refractivity contribution in [1.82, 2.24) is 15.1 Å². The van der Waals surface area contributed by atoms with E-state index in [0.29, 0.717) is 19.6 Å². The molecule has 0 unspecified atom stereocenters. The number of nitrogens with one attached hydrogen (secondary N) is 1. The maximum absolute atomic E-state index is 8.70. The maximum Gasteiger partial charge on any atom is 0.0968 e. The summed E-state index contributed by atoms with van der Waals surface area (Å²) in [5.74, 6) is 0. The molecule has 0 bridgehead atoms. The molecule has 0 saturated carbocycles. The lowest BCUT2D eigenvalue weighted by Gasteiger charge is -2.04. The largest absolute Gasteiger partial charge is 0.383 e. The average Bonchev–Trinajstić information content (AvgIpc) is 2.93. The topological polar surface area (TPSA) is 62.9 Å². The molecule has 2 aromatic rings. The summed E-state index contributed by atoms with van der Waals surface area (Å²) in [7, 11) is 1.69. The minimum Gasteiger partial charge on any atom is -0.383 e. The quantitative estimate of drug-likeness (QED) is 0.755. The summed E-state index contributed by atoms with van der Waals surface area (Å²) in [6, 6.07) is 12.3. The Morgan fingerprint density at radius 3 is 2.86 bits per heavy atom. The Balaban J connectivity index is 2.15. The van der Waals surface area contributed by atoms with E-state index < -0.39 is 0 Å². The fourth-order valence-electron chi connectivity index (χ4n) is 2.11. The van der Waals surface area contributed by atoms with Crippen molar-refractivity contribution in [2.45, 2.75) is 19.5 Å². The van der Waals surface area contributed by atoms with Crippen LogP contribution in [-0.4, -0.2) is 30.0 Å². The predicted molar refractivity (Wildman–Crippen MR) is 81.5 cm³/mol. The lowest BCUT2D eigenvalue weighted by Crippen LogP contribution is -2.18. The molecule has 21 heavy (non-hydrogen) atoms. The van der Waals surface area contributed by atoms with E-state index >= 15 is 0 Å². The highest BCUT2D eigenvalue weighted by molar-refractivity contribution is 5.62. The SMILES string of the molecule is COCCNCc1cn(CCC#N)nc1-c1ccccc1. The second-order valence-corrected chi connectivity index (χ2v) is 4.71. The maximum atomic E-state index is 8.70. The third-order valence-corrected chi connectivity index (χ3v) is 3.14. The summed E-state index contributed by atoms with van der Waals surface area (Å²) >= 11 is 0. The first-order valence-corrected chi connectivity index (χ1v) is 7.03. The normalized spacial score (nSPS) is 10.5. The van der Waals surface area contributed by atoms with Crippen LogP contribution >= 0.6 is 0 Å². The molecular formula is C16H20N4O. The molecule has 1 heterocycles. The van der Waals surface area contributed by atoms with Crippen LogP contribution in [0.25, 0.3) is 11.3 Å². The lowest BCUT2D eigenvalue weighted by atomic mass is 10.1. The molecule has 2 rings (SSSR count). The van der Waals surface area contributed by atoms with E-state index in [4.69, 9.17) is 10.00 Å². The molecule has 110 valence electrons. The molecule has 0 saturated heterocycles. The van der Waals surface area contributed by atoms with Crippen LogP contribution in [0.2, 0.25) is 0 Å². The van der Waals surface area contributed by atoms with Gasteiger partial charge < -0.3 is 10.1 Å². The number of benzene rings is 1. The van der Waals surface area contributed by atoms with Gasteiger partial charge in [-0.15, -0.1) is 0 Å². The zero-order valence-electron chi connectivity index (χ0n) is 12.2. The van der Waals surface area contributed by atoms with E-state index in [-0.39, 0.29) is 0 Å². The Morgan fingerprint density at radius 1 is 1.33 bits per heavy atom. The molecule has 0 fully saturated rings. The first kappa shape index (κ1) is 15.2. The monoisotopic (exact) mass is 284 g/mol. The molecule has 0 aliphatic heterocycles. The minimum atomic E-state index is 0.465. The van der Waals surface area contributed by atoms with E-state index in [2.05, 4.69) is 28.6 Å². The van der Waals surface area contributed by atoms with Gasteiger partial charge in [0.15, 0.2) is 0 Å². The first-order chi connectivity index (χ1) is 10.3. The Bertz CT molecular complexity index is 586. The molecule has 0 aliphatic carbocycles. The third-order valence-electron chi connectivity index (χ3n) is 3.14. The predicted octanol–water partition coefficient (Wildman–Crippen LogP) is 2.20. The van der Waals surface area contributed by atoms with Crippen molar-refractivity contribution >= 4 is 0 Å². The van der Waals surface area contributed by atoms with Crippen LogP contribution in [0.5, 0.6) is 0 Å². The Morgan fingerprint density at radius 2 is 2.14 bits per heavy atom. The van der Waals surface area contributed by atoms with E-state index in [0.717, 1.165) is 29.9 Å². The van der Waals surface area contributed by atoms with Crippen LogP contribution < -0.4 is 5.32 Å². The van der Waals surface area contributed by atoms with Gasteiger partial charge >= 0.3 is 0 Å². The summed E-state index contributed by atoms with van der Waals surface area (Å²) in [6.45, 7) is 2.84. The average molecular weight is 284 g/mol. The number of ether oxygens (including phenoxy) is 1. The fourth-order valence-corrected chi connectivity index (χ4v) is 2.11. The fraction of sp³-hybridized carbons (Fsp3) is 0.375. The summed E-state index contributed by atoms with van der Waals surface area (Å²) < 4.78 is 6.88. The third kappa shape index (κ3) is 4.42. The van der Waals surface area contributed by atoms with Gasteiger partial charge in [-0.3, -0.25) is 4.68 Å². The highest BCUT2D eigenvalue weighted by Gasteiger charge is 2.10. The van der Waals surface area contributed by atoms with Gasteiger partial charge in [0, 0.05) is 37.5 Å². The van der Waals surface area contributed by atoms with Crippen LogP contribution in [0.1, 0.15) is 12.0 Å². The minimum absolute atomic E-state index is 0.465. The molecule has 0 radical (unpaired) electrons. The number of aryl methyl sites for hydroxylation is 1. The van der Waals surface area contributed by atoms with Gasteiger partial charge in [0.2, 0.25) is 0 Å². The number of methoxy groups -OCH3 is 1. The van der Waals surface area contributed by atoms with E-state index in [1.807, 2.05) is 29.1 Å². The van der Waals surface area contributed by atoms with E-state index in [9.17, 15) is 0 Å². The Hall–Kier alpha value is -2.16. The lowest BCUT2D eigenvalue weighted by molar-refractivity contribution is 0.199. The van der Waals surface area contributed by atoms with Crippen LogP contribution in [0.4, 0.5) is 0 Å². The molecule has 1 aromatic heterocycles. The molecule has 0 amide bonds. The molecule has 5 nitrogen and oxygen atoms in total. The van der Waals surface area contributed by atoms with Gasteiger partial charge in [0.1, 0.15) is 0 Å². The summed E-state index contributed by atoms with van der Waals surface area (Å²) in [5.41, 5.74) is 3.20. The summed E-state index contributed by atoms with van der Waals surface area (Å²) in [6.07, 6.45) is 2.48. The molecular weight excluding hydrogens is 264 g/mol. The number of rotatable bonds is 8. The number of nitriles is 1. The zero-order valence-corrected chi connectivity index (χ0v) is 12.2. The van der Waals surface area contributed by atoms with Gasteiger partial charge in [-0.2, -0.15) is 10.4 Å².